The van der Waals surface area contributed by atoms with E-state index >= 15 is 0 Å². The number of rotatable bonds is 8. The van der Waals surface area contributed by atoms with Crippen LogP contribution in [0.5, 0.6) is 0 Å². The lowest BCUT2D eigenvalue weighted by molar-refractivity contribution is -0.140. The van der Waals surface area contributed by atoms with Gasteiger partial charge in [0, 0.05) is 18.5 Å². The minimum atomic E-state index is -0.885. The Morgan fingerprint density at radius 2 is 1.60 bits per heavy atom. The first-order chi connectivity index (χ1) is 14.4. The van der Waals surface area contributed by atoms with Gasteiger partial charge >= 0.3 is 5.97 Å². The van der Waals surface area contributed by atoms with E-state index in [1.165, 1.54) is 29.2 Å². The molecule has 1 saturated heterocycles. The monoisotopic (exact) mass is 411 g/mol. The highest BCUT2D eigenvalue weighted by Crippen LogP contribution is 2.39. The fourth-order valence-corrected chi connectivity index (χ4v) is 3.59. The van der Waals surface area contributed by atoms with E-state index in [4.69, 9.17) is 5.11 Å². The maximum Gasteiger partial charge on any atom is 0.303 e. The number of hydrogen-bond donors (Lipinski definition) is 2. The molecule has 0 aliphatic carbocycles. The van der Waals surface area contributed by atoms with Crippen molar-refractivity contribution in [2.75, 3.05) is 6.54 Å². The summed E-state index contributed by atoms with van der Waals surface area (Å²) in [5.41, 5.74) is 0.881. The largest absolute Gasteiger partial charge is 0.507 e. The SMILES string of the molecule is O=C(O)CCCCCN1C(=O)C(=O)/C(=C(/O)c2ccccc2)[C@@H]1c1ccc(F)cc1. The number of Topliss-reactive ketones (excluding diaryl/α,β-unsaturated/α-hetero) is 1. The summed E-state index contributed by atoms with van der Waals surface area (Å²) in [5, 5.41) is 19.6. The molecular weight excluding hydrogens is 389 g/mol. The van der Waals surface area contributed by atoms with Crippen LogP contribution in [0, 0.1) is 5.82 Å². The number of nitrogens with zero attached hydrogens (tertiary/aromatic N) is 1. The molecule has 1 aliphatic rings. The van der Waals surface area contributed by atoms with E-state index in [0.717, 1.165) is 0 Å². The zero-order valence-electron chi connectivity index (χ0n) is 16.3. The third kappa shape index (κ3) is 4.56. The zero-order chi connectivity index (χ0) is 21.7. The molecule has 3 rings (SSSR count). The van der Waals surface area contributed by atoms with Gasteiger partial charge in [-0.3, -0.25) is 14.4 Å². The van der Waals surface area contributed by atoms with Gasteiger partial charge in [-0.05, 0) is 30.5 Å². The Bertz CT molecular complexity index is 969. The number of hydrogen-bond acceptors (Lipinski definition) is 4. The fraction of sp³-hybridized carbons (Fsp3) is 0.261. The predicted octanol–water partition coefficient (Wildman–Crippen LogP) is 3.89. The van der Waals surface area contributed by atoms with Crippen LogP contribution in [0.4, 0.5) is 4.39 Å². The minimum absolute atomic E-state index is 0.0359. The van der Waals surface area contributed by atoms with Crippen LogP contribution in [-0.4, -0.2) is 39.3 Å². The molecule has 0 bridgehead atoms. The standard InChI is InChI=1S/C23H22FNO5/c24-17-12-10-15(11-13-17)20-19(21(28)16-7-3-1-4-8-16)22(29)23(30)25(20)14-6-2-5-9-18(26)27/h1,3-4,7-8,10-13,20,28H,2,5-6,9,14H2,(H,26,27)/b21-19+/t20-/m0/s1. The average molecular weight is 411 g/mol. The van der Waals surface area contributed by atoms with Crippen LogP contribution >= 0.6 is 0 Å². The molecule has 156 valence electrons. The summed E-state index contributed by atoms with van der Waals surface area (Å²) in [4.78, 5) is 37.6. The van der Waals surface area contributed by atoms with Crippen molar-refractivity contribution >= 4 is 23.4 Å². The zero-order valence-corrected chi connectivity index (χ0v) is 16.3. The quantitative estimate of drug-likeness (QED) is 0.297. The molecule has 0 aromatic heterocycles. The molecule has 2 aromatic rings. The number of aliphatic hydroxyl groups is 1. The van der Waals surface area contributed by atoms with Crippen LogP contribution in [0.15, 0.2) is 60.2 Å². The first-order valence-corrected chi connectivity index (χ1v) is 9.71. The molecule has 0 saturated carbocycles. The highest BCUT2D eigenvalue weighted by molar-refractivity contribution is 6.46. The van der Waals surface area contributed by atoms with Crippen molar-refractivity contribution in [3.63, 3.8) is 0 Å². The van der Waals surface area contributed by atoms with Crippen molar-refractivity contribution in [2.45, 2.75) is 31.7 Å². The van der Waals surface area contributed by atoms with Gasteiger partial charge in [-0.2, -0.15) is 0 Å². The summed E-state index contributed by atoms with van der Waals surface area (Å²) in [7, 11) is 0. The number of ketones is 1. The molecular formula is C23H22FNO5. The van der Waals surface area contributed by atoms with Crippen molar-refractivity contribution in [1.82, 2.24) is 4.90 Å². The summed E-state index contributed by atoms with van der Waals surface area (Å²) in [6, 6.07) is 13.1. The van der Waals surface area contributed by atoms with Gasteiger partial charge in [0.25, 0.3) is 11.7 Å². The highest BCUT2D eigenvalue weighted by Gasteiger charge is 2.45. The Morgan fingerprint density at radius 1 is 0.933 bits per heavy atom. The van der Waals surface area contributed by atoms with Gasteiger partial charge < -0.3 is 15.1 Å². The van der Waals surface area contributed by atoms with Crippen LogP contribution in [0.25, 0.3) is 5.76 Å². The van der Waals surface area contributed by atoms with Gasteiger partial charge in [-0.1, -0.05) is 48.9 Å². The number of carboxylic acids is 1. The van der Waals surface area contributed by atoms with Crippen molar-refractivity contribution in [2.24, 2.45) is 0 Å². The van der Waals surface area contributed by atoms with Crippen LogP contribution in [0.2, 0.25) is 0 Å². The van der Waals surface area contributed by atoms with Gasteiger partial charge in [-0.15, -0.1) is 0 Å². The van der Waals surface area contributed by atoms with E-state index in [-0.39, 0.29) is 24.3 Å². The molecule has 0 radical (unpaired) electrons. The summed E-state index contributed by atoms with van der Waals surface area (Å²) < 4.78 is 13.4. The van der Waals surface area contributed by atoms with Gasteiger partial charge in [-0.25, -0.2) is 4.39 Å². The smallest absolute Gasteiger partial charge is 0.303 e. The maximum atomic E-state index is 13.4. The van der Waals surface area contributed by atoms with Crippen LogP contribution in [-0.2, 0) is 14.4 Å². The Labute approximate surface area is 173 Å². The molecule has 2 aromatic carbocycles. The maximum absolute atomic E-state index is 13.4. The fourth-order valence-electron chi connectivity index (χ4n) is 3.59. The number of halogens is 1. The van der Waals surface area contributed by atoms with E-state index in [1.54, 1.807) is 30.3 Å². The summed E-state index contributed by atoms with van der Waals surface area (Å²) >= 11 is 0. The number of aliphatic carboxylic acids is 1. The topological polar surface area (TPSA) is 94.9 Å². The number of carbonyl (C=O) groups is 3. The Hall–Kier alpha value is -3.48. The lowest BCUT2D eigenvalue weighted by Gasteiger charge is -2.25. The van der Waals surface area contributed by atoms with E-state index < -0.39 is 29.5 Å². The second-order valence-electron chi connectivity index (χ2n) is 7.11. The average Bonchev–Trinajstić information content (AvgIpc) is 2.99. The lowest BCUT2D eigenvalue weighted by Crippen LogP contribution is -2.30. The normalized spacial score (nSPS) is 18.0. The summed E-state index contributed by atoms with van der Waals surface area (Å²) in [6.07, 6.45) is 1.58. The molecule has 1 fully saturated rings. The second-order valence-corrected chi connectivity index (χ2v) is 7.11. The van der Waals surface area contributed by atoms with E-state index in [1.807, 2.05) is 0 Å². The molecule has 1 amide bonds. The Morgan fingerprint density at radius 3 is 2.23 bits per heavy atom. The summed E-state index contributed by atoms with van der Waals surface area (Å²) in [5.74, 6) is -3.15. The van der Waals surface area contributed by atoms with Crippen LogP contribution in [0.1, 0.15) is 42.9 Å². The highest BCUT2D eigenvalue weighted by atomic mass is 19.1. The molecule has 1 atom stereocenters. The number of unbranched alkanes of at least 4 members (excludes halogenated alkanes) is 2. The van der Waals surface area contributed by atoms with Gasteiger partial charge in [0.15, 0.2) is 0 Å². The second kappa shape index (κ2) is 9.35. The van der Waals surface area contributed by atoms with E-state index in [9.17, 15) is 23.9 Å². The molecule has 0 spiro atoms. The van der Waals surface area contributed by atoms with E-state index in [0.29, 0.717) is 30.4 Å². The Kier molecular flexibility index (Phi) is 6.61. The third-order valence-electron chi connectivity index (χ3n) is 5.06. The summed E-state index contributed by atoms with van der Waals surface area (Å²) in [6.45, 7) is 0.220. The van der Waals surface area contributed by atoms with Gasteiger partial charge in [0.05, 0.1) is 11.6 Å². The molecule has 0 unspecified atom stereocenters. The number of aliphatic hydroxyl groups excluding tert-OH is 1. The van der Waals surface area contributed by atoms with Gasteiger partial charge in [0.2, 0.25) is 0 Å². The molecule has 2 N–H and O–H groups in total. The first-order valence-electron chi connectivity index (χ1n) is 9.71. The molecule has 1 aliphatic heterocycles. The van der Waals surface area contributed by atoms with Gasteiger partial charge in [0.1, 0.15) is 11.6 Å². The van der Waals surface area contributed by atoms with E-state index in [2.05, 4.69) is 0 Å². The number of carboxylic acid groups (broad SMARTS) is 1. The Balaban J connectivity index is 1.95. The lowest BCUT2D eigenvalue weighted by atomic mass is 9.95. The minimum Gasteiger partial charge on any atom is -0.507 e. The molecule has 7 heteroatoms. The number of amides is 1. The van der Waals surface area contributed by atoms with Crippen molar-refractivity contribution in [3.05, 3.63) is 77.1 Å². The number of likely N-dealkylation sites (tertiary alicyclic amines) is 1. The number of carbonyl (C=O) groups excluding carboxylic acids is 2. The van der Waals surface area contributed by atoms with Crippen molar-refractivity contribution in [3.8, 4) is 0 Å². The van der Waals surface area contributed by atoms with Crippen LogP contribution in [0.3, 0.4) is 0 Å². The van der Waals surface area contributed by atoms with Crippen molar-refractivity contribution < 1.29 is 29.0 Å². The van der Waals surface area contributed by atoms with Crippen molar-refractivity contribution in [1.29, 1.82) is 0 Å². The first kappa shape index (κ1) is 21.2. The molecule has 30 heavy (non-hydrogen) atoms. The number of benzene rings is 2. The molecule has 1 heterocycles. The third-order valence-corrected chi connectivity index (χ3v) is 5.06. The predicted molar refractivity (Wildman–Crippen MR) is 108 cm³/mol. The molecule has 6 nitrogen and oxygen atoms in total. The van der Waals surface area contributed by atoms with Crippen LogP contribution < -0.4 is 0 Å².